The van der Waals surface area contributed by atoms with Crippen LogP contribution in [0.1, 0.15) is 11.4 Å². The second-order valence-electron chi connectivity index (χ2n) is 7.92. The van der Waals surface area contributed by atoms with E-state index in [1.807, 2.05) is 41.9 Å². The molecule has 0 N–H and O–H groups in total. The molecular weight excluding hydrogens is 367 g/mol. The Kier molecular flexibility index (Phi) is 4.60. The first-order valence-corrected chi connectivity index (χ1v) is 10.0. The number of fused-ring (bicyclic) bond motifs is 2. The summed E-state index contributed by atoms with van der Waals surface area (Å²) in [7, 11) is 4.03. The predicted octanol–water partition coefficient (Wildman–Crippen LogP) is 3.80. The van der Waals surface area contributed by atoms with Gasteiger partial charge in [0.15, 0.2) is 0 Å². The molecule has 29 heavy (non-hydrogen) atoms. The SMILES string of the molecule is Cn1cc(CN2CC(F)C(OCc3nc4ccccc4n3C)C2)c2ccccc21. The van der Waals surface area contributed by atoms with Crippen molar-refractivity contribution in [3.63, 3.8) is 0 Å². The number of benzene rings is 2. The van der Waals surface area contributed by atoms with Crippen LogP contribution in [0, 0.1) is 0 Å². The third-order valence-electron chi connectivity index (χ3n) is 5.95. The summed E-state index contributed by atoms with van der Waals surface area (Å²) in [6, 6.07) is 16.3. The van der Waals surface area contributed by atoms with Gasteiger partial charge in [-0.25, -0.2) is 9.37 Å². The van der Waals surface area contributed by atoms with E-state index in [1.54, 1.807) is 0 Å². The predicted molar refractivity (Wildman–Crippen MR) is 112 cm³/mol. The van der Waals surface area contributed by atoms with E-state index in [0.29, 0.717) is 19.7 Å². The molecule has 2 aromatic heterocycles. The lowest BCUT2D eigenvalue weighted by Gasteiger charge is -2.15. The number of para-hydroxylation sites is 3. The van der Waals surface area contributed by atoms with Gasteiger partial charge < -0.3 is 13.9 Å². The Morgan fingerprint density at radius 2 is 1.79 bits per heavy atom. The number of ether oxygens (including phenoxy) is 1. The van der Waals surface area contributed by atoms with Crippen molar-refractivity contribution in [1.82, 2.24) is 19.0 Å². The summed E-state index contributed by atoms with van der Waals surface area (Å²) in [6.45, 7) is 2.04. The number of imidazole rings is 1. The van der Waals surface area contributed by atoms with E-state index >= 15 is 0 Å². The topological polar surface area (TPSA) is 35.2 Å². The first-order valence-electron chi connectivity index (χ1n) is 10.0. The quantitative estimate of drug-likeness (QED) is 0.518. The standard InChI is InChI=1S/C23H25FN4O/c1-26-11-16(17-7-3-5-9-20(17)26)12-28-13-18(24)22(14-28)29-15-23-25-19-8-4-6-10-21(19)27(23)2/h3-11,18,22H,12-15H2,1-2H3. The van der Waals surface area contributed by atoms with Gasteiger partial charge in [-0.2, -0.15) is 0 Å². The molecule has 1 aliphatic rings. The van der Waals surface area contributed by atoms with Gasteiger partial charge in [-0.3, -0.25) is 4.90 Å². The van der Waals surface area contributed by atoms with Gasteiger partial charge in [0.1, 0.15) is 24.7 Å². The van der Waals surface area contributed by atoms with Crippen LogP contribution in [0.4, 0.5) is 4.39 Å². The van der Waals surface area contributed by atoms with E-state index in [9.17, 15) is 4.39 Å². The maximum atomic E-state index is 14.7. The molecule has 6 heteroatoms. The highest BCUT2D eigenvalue weighted by Gasteiger charge is 2.34. The van der Waals surface area contributed by atoms with Crippen molar-refractivity contribution in [1.29, 1.82) is 0 Å². The number of nitrogens with zero attached hydrogens (tertiary/aromatic N) is 4. The Morgan fingerprint density at radius 3 is 2.62 bits per heavy atom. The number of aryl methyl sites for hydroxylation is 2. The third-order valence-corrected chi connectivity index (χ3v) is 5.95. The first kappa shape index (κ1) is 18.3. The minimum absolute atomic E-state index is 0.318. The summed E-state index contributed by atoms with van der Waals surface area (Å²) < 4.78 is 24.8. The maximum absolute atomic E-state index is 14.7. The number of likely N-dealkylation sites (tertiary alicyclic amines) is 1. The van der Waals surface area contributed by atoms with E-state index in [2.05, 4.69) is 45.9 Å². The monoisotopic (exact) mass is 392 g/mol. The van der Waals surface area contributed by atoms with E-state index in [1.165, 1.54) is 16.5 Å². The molecule has 4 aromatic rings. The van der Waals surface area contributed by atoms with Crippen LogP contribution in [0.3, 0.4) is 0 Å². The molecule has 5 nitrogen and oxygen atoms in total. The van der Waals surface area contributed by atoms with Crippen molar-refractivity contribution in [2.45, 2.75) is 25.4 Å². The average Bonchev–Trinajstić information content (AvgIpc) is 3.35. The summed E-state index contributed by atoms with van der Waals surface area (Å²) in [4.78, 5) is 6.77. The second-order valence-corrected chi connectivity index (χ2v) is 7.92. The van der Waals surface area contributed by atoms with Crippen molar-refractivity contribution in [3.8, 4) is 0 Å². The zero-order valence-corrected chi connectivity index (χ0v) is 16.8. The summed E-state index contributed by atoms with van der Waals surface area (Å²) in [6.07, 6.45) is 0.732. The second kappa shape index (κ2) is 7.28. The fourth-order valence-corrected chi connectivity index (χ4v) is 4.39. The average molecular weight is 392 g/mol. The van der Waals surface area contributed by atoms with Crippen molar-refractivity contribution in [2.75, 3.05) is 13.1 Å². The van der Waals surface area contributed by atoms with Crippen molar-refractivity contribution < 1.29 is 9.13 Å². The molecule has 0 aliphatic carbocycles. The zero-order chi connectivity index (χ0) is 20.0. The normalized spacial score (nSPS) is 20.2. The molecule has 5 rings (SSSR count). The Bertz CT molecular complexity index is 1160. The van der Waals surface area contributed by atoms with E-state index < -0.39 is 12.3 Å². The van der Waals surface area contributed by atoms with Crippen molar-refractivity contribution in [3.05, 3.63) is 66.1 Å². The van der Waals surface area contributed by atoms with Crippen LogP contribution >= 0.6 is 0 Å². The largest absolute Gasteiger partial charge is 0.366 e. The summed E-state index contributed by atoms with van der Waals surface area (Å²) in [5, 5.41) is 1.23. The fraction of sp³-hybridized carbons (Fsp3) is 0.348. The van der Waals surface area contributed by atoms with Crippen LogP contribution in [-0.4, -0.2) is 44.4 Å². The fourth-order valence-electron chi connectivity index (χ4n) is 4.39. The van der Waals surface area contributed by atoms with Gasteiger partial charge in [-0.05, 0) is 23.8 Å². The molecular formula is C23H25FN4O. The lowest BCUT2D eigenvalue weighted by molar-refractivity contribution is 0.00750. The van der Waals surface area contributed by atoms with Gasteiger partial charge in [0, 0.05) is 50.8 Å². The summed E-state index contributed by atoms with van der Waals surface area (Å²) in [5.41, 5.74) is 4.43. The minimum Gasteiger partial charge on any atom is -0.366 e. The Balaban J connectivity index is 1.26. The zero-order valence-electron chi connectivity index (χ0n) is 16.8. The van der Waals surface area contributed by atoms with Gasteiger partial charge in [-0.1, -0.05) is 30.3 Å². The van der Waals surface area contributed by atoms with Gasteiger partial charge >= 0.3 is 0 Å². The molecule has 150 valence electrons. The number of halogens is 1. The van der Waals surface area contributed by atoms with E-state index in [-0.39, 0.29) is 0 Å². The third kappa shape index (κ3) is 3.32. The molecule has 1 aliphatic heterocycles. The first-order chi connectivity index (χ1) is 14.1. The summed E-state index contributed by atoms with van der Waals surface area (Å²) in [5.74, 6) is 0.825. The van der Waals surface area contributed by atoms with Gasteiger partial charge in [0.25, 0.3) is 0 Å². The van der Waals surface area contributed by atoms with Crippen LogP contribution in [0.2, 0.25) is 0 Å². The van der Waals surface area contributed by atoms with Crippen LogP contribution in [0.15, 0.2) is 54.7 Å². The highest BCUT2D eigenvalue weighted by atomic mass is 19.1. The molecule has 0 bridgehead atoms. The number of alkyl halides is 1. The molecule has 1 saturated heterocycles. The van der Waals surface area contributed by atoms with Crippen LogP contribution in [-0.2, 0) is 32.0 Å². The lowest BCUT2D eigenvalue weighted by atomic mass is 10.1. The van der Waals surface area contributed by atoms with Crippen LogP contribution in [0.5, 0.6) is 0 Å². The number of rotatable bonds is 5. The molecule has 2 aromatic carbocycles. The molecule has 0 radical (unpaired) electrons. The Hall–Kier alpha value is -2.70. The molecule has 3 heterocycles. The Morgan fingerprint density at radius 1 is 1.03 bits per heavy atom. The van der Waals surface area contributed by atoms with Crippen molar-refractivity contribution in [2.24, 2.45) is 14.1 Å². The summed E-state index contributed by atoms with van der Waals surface area (Å²) >= 11 is 0. The van der Waals surface area contributed by atoms with Gasteiger partial charge in [0.05, 0.1) is 11.0 Å². The number of aromatic nitrogens is 3. The Labute approximate surface area is 169 Å². The van der Waals surface area contributed by atoms with Gasteiger partial charge in [-0.15, -0.1) is 0 Å². The maximum Gasteiger partial charge on any atom is 0.140 e. The van der Waals surface area contributed by atoms with Crippen LogP contribution in [0.25, 0.3) is 21.9 Å². The number of hydrogen-bond donors (Lipinski definition) is 0. The van der Waals surface area contributed by atoms with Crippen molar-refractivity contribution >= 4 is 21.9 Å². The van der Waals surface area contributed by atoms with Crippen LogP contribution < -0.4 is 0 Å². The van der Waals surface area contributed by atoms with E-state index in [4.69, 9.17) is 4.74 Å². The molecule has 2 atom stereocenters. The van der Waals surface area contributed by atoms with Gasteiger partial charge in [0.2, 0.25) is 0 Å². The highest BCUT2D eigenvalue weighted by Crippen LogP contribution is 2.25. The number of hydrogen-bond acceptors (Lipinski definition) is 3. The molecule has 2 unspecified atom stereocenters. The lowest BCUT2D eigenvalue weighted by Crippen LogP contribution is -2.25. The molecule has 0 amide bonds. The smallest absolute Gasteiger partial charge is 0.140 e. The minimum atomic E-state index is -0.986. The van der Waals surface area contributed by atoms with E-state index in [0.717, 1.165) is 23.4 Å². The molecule has 1 fully saturated rings. The highest BCUT2D eigenvalue weighted by molar-refractivity contribution is 5.83. The molecule has 0 saturated carbocycles. The molecule has 0 spiro atoms.